The molecular weight excluding hydrogens is 265 g/mol. The van der Waals surface area contributed by atoms with Crippen LogP contribution in [0.2, 0.25) is 0 Å². The van der Waals surface area contributed by atoms with Crippen molar-refractivity contribution in [2.75, 3.05) is 24.6 Å². The van der Waals surface area contributed by atoms with Gasteiger partial charge in [0.05, 0.1) is 23.0 Å². The Morgan fingerprint density at radius 1 is 1.55 bits per heavy atom. The maximum absolute atomic E-state index is 14.2. The summed E-state index contributed by atoms with van der Waals surface area (Å²) in [4.78, 5) is 16.0. The smallest absolute Gasteiger partial charge is 0.281 e. The lowest BCUT2D eigenvalue weighted by atomic mass is 10.1. The summed E-state index contributed by atoms with van der Waals surface area (Å²) in [6.45, 7) is 2.36. The van der Waals surface area contributed by atoms with Gasteiger partial charge in [-0.25, -0.2) is 4.39 Å². The van der Waals surface area contributed by atoms with Crippen molar-refractivity contribution in [3.05, 3.63) is 40.3 Å². The highest BCUT2D eigenvalue weighted by Gasteiger charge is 2.22. The fraction of sp³-hybridized carbons (Fsp3) is 0.308. The molecule has 0 aliphatic rings. The number of nitro groups is 1. The summed E-state index contributed by atoms with van der Waals surface area (Å²) in [5.74, 6) is -0.710. The Bertz CT molecular complexity index is 648. The van der Waals surface area contributed by atoms with E-state index in [0.29, 0.717) is 6.54 Å². The first-order chi connectivity index (χ1) is 9.60. The Balaban J connectivity index is 2.75. The minimum absolute atomic E-state index is 0.140. The molecule has 0 atom stereocenters. The average molecular weight is 279 g/mol. The van der Waals surface area contributed by atoms with Crippen LogP contribution in [0.4, 0.5) is 15.8 Å². The van der Waals surface area contributed by atoms with E-state index in [9.17, 15) is 14.5 Å². The molecule has 0 amide bonds. The van der Waals surface area contributed by atoms with Gasteiger partial charge in [-0.05, 0) is 19.1 Å². The lowest BCUT2D eigenvalue weighted by molar-refractivity contribution is -0.383. The number of halogens is 1. The molecule has 2 aromatic rings. The molecule has 1 heterocycles. The van der Waals surface area contributed by atoms with Gasteiger partial charge >= 0.3 is 0 Å². The molecule has 20 heavy (non-hydrogen) atoms. The van der Waals surface area contributed by atoms with Crippen LogP contribution in [0.1, 0.15) is 6.92 Å². The molecule has 1 aromatic carbocycles. The Labute approximate surface area is 114 Å². The molecule has 1 N–H and O–H groups in total. The Morgan fingerprint density at radius 2 is 2.30 bits per heavy atom. The zero-order valence-corrected chi connectivity index (χ0v) is 10.9. The van der Waals surface area contributed by atoms with Crippen LogP contribution in [0.5, 0.6) is 0 Å². The van der Waals surface area contributed by atoms with Gasteiger partial charge in [0.2, 0.25) is 0 Å². The number of nitro benzene ring substituents is 1. The number of benzene rings is 1. The second kappa shape index (κ2) is 5.79. The van der Waals surface area contributed by atoms with Crippen molar-refractivity contribution in [2.24, 2.45) is 0 Å². The third-order valence-corrected chi connectivity index (χ3v) is 3.06. The maximum Gasteiger partial charge on any atom is 0.281 e. The van der Waals surface area contributed by atoms with E-state index in [-0.39, 0.29) is 35.4 Å². The molecule has 0 fully saturated rings. The number of aliphatic hydroxyl groups excluding tert-OH is 1. The van der Waals surface area contributed by atoms with Crippen molar-refractivity contribution >= 4 is 22.3 Å². The zero-order chi connectivity index (χ0) is 14.7. The van der Waals surface area contributed by atoms with Gasteiger partial charge in [-0.1, -0.05) is 0 Å². The van der Waals surface area contributed by atoms with Gasteiger partial charge in [0, 0.05) is 19.3 Å². The van der Waals surface area contributed by atoms with E-state index >= 15 is 0 Å². The SMILES string of the molecule is CCN(CCO)c1c(F)cc([N+](=O)[O-])c2cccnc12. The van der Waals surface area contributed by atoms with E-state index < -0.39 is 10.7 Å². The summed E-state index contributed by atoms with van der Waals surface area (Å²) >= 11 is 0. The summed E-state index contributed by atoms with van der Waals surface area (Å²) < 4.78 is 14.2. The van der Waals surface area contributed by atoms with E-state index in [1.807, 2.05) is 6.92 Å². The number of non-ortho nitro benzene ring substituents is 1. The number of hydrogen-bond donors (Lipinski definition) is 1. The minimum atomic E-state index is -0.710. The lowest BCUT2D eigenvalue weighted by Gasteiger charge is -2.23. The van der Waals surface area contributed by atoms with Crippen molar-refractivity contribution in [2.45, 2.75) is 6.92 Å². The first-order valence-electron chi connectivity index (χ1n) is 6.17. The summed E-state index contributed by atoms with van der Waals surface area (Å²) in [6.07, 6.45) is 1.46. The quantitative estimate of drug-likeness (QED) is 0.669. The minimum Gasteiger partial charge on any atom is -0.395 e. The molecule has 0 radical (unpaired) electrons. The Morgan fingerprint density at radius 3 is 2.90 bits per heavy atom. The van der Waals surface area contributed by atoms with Crippen molar-refractivity contribution in [3.8, 4) is 0 Å². The van der Waals surface area contributed by atoms with Crippen molar-refractivity contribution < 1.29 is 14.4 Å². The van der Waals surface area contributed by atoms with Crippen LogP contribution in [-0.4, -0.2) is 34.7 Å². The summed E-state index contributed by atoms with van der Waals surface area (Å²) in [7, 11) is 0. The molecule has 7 heteroatoms. The molecule has 0 unspecified atom stereocenters. The monoisotopic (exact) mass is 279 g/mol. The number of rotatable bonds is 5. The van der Waals surface area contributed by atoms with Gasteiger partial charge in [-0.3, -0.25) is 15.1 Å². The third kappa shape index (κ3) is 2.39. The number of fused-ring (bicyclic) bond motifs is 1. The van der Waals surface area contributed by atoms with Gasteiger partial charge in [0.1, 0.15) is 11.2 Å². The van der Waals surface area contributed by atoms with Crippen molar-refractivity contribution in [1.29, 1.82) is 0 Å². The third-order valence-electron chi connectivity index (χ3n) is 3.06. The highest BCUT2D eigenvalue weighted by Crippen LogP contribution is 2.34. The van der Waals surface area contributed by atoms with Gasteiger partial charge in [0.25, 0.3) is 5.69 Å². The van der Waals surface area contributed by atoms with Crippen LogP contribution in [0, 0.1) is 15.9 Å². The summed E-state index contributed by atoms with van der Waals surface area (Å²) in [6, 6.07) is 4.01. The molecule has 0 saturated carbocycles. The van der Waals surface area contributed by atoms with Crippen LogP contribution in [0.25, 0.3) is 10.9 Å². The molecule has 1 aromatic heterocycles. The van der Waals surface area contributed by atoms with Crippen LogP contribution in [0.3, 0.4) is 0 Å². The second-order valence-electron chi connectivity index (χ2n) is 4.19. The van der Waals surface area contributed by atoms with Crippen LogP contribution < -0.4 is 4.90 Å². The Kier molecular flexibility index (Phi) is 4.09. The van der Waals surface area contributed by atoms with Crippen LogP contribution in [-0.2, 0) is 0 Å². The van der Waals surface area contributed by atoms with Gasteiger partial charge in [-0.15, -0.1) is 0 Å². The van der Waals surface area contributed by atoms with Crippen LogP contribution >= 0.6 is 0 Å². The fourth-order valence-electron chi connectivity index (χ4n) is 2.18. The molecule has 106 valence electrons. The highest BCUT2D eigenvalue weighted by molar-refractivity contribution is 5.97. The maximum atomic E-state index is 14.2. The molecule has 0 aliphatic heterocycles. The van der Waals surface area contributed by atoms with E-state index in [1.54, 1.807) is 11.0 Å². The molecule has 0 aliphatic carbocycles. The molecule has 0 bridgehead atoms. The number of hydrogen-bond acceptors (Lipinski definition) is 5. The number of anilines is 1. The largest absolute Gasteiger partial charge is 0.395 e. The van der Waals surface area contributed by atoms with Crippen molar-refractivity contribution in [3.63, 3.8) is 0 Å². The average Bonchev–Trinajstić information content (AvgIpc) is 2.44. The second-order valence-corrected chi connectivity index (χ2v) is 4.19. The normalized spacial score (nSPS) is 10.8. The number of nitrogens with zero attached hydrogens (tertiary/aromatic N) is 3. The van der Waals surface area contributed by atoms with Gasteiger partial charge < -0.3 is 10.0 Å². The topological polar surface area (TPSA) is 79.5 Å². The molecule has 2 rings (SSSR count). The highest BCUT2D eigenvalue weighted by atomic mass is 19.1. The van der Waals surface area contributed by atoms with Gasteiger partial charge in [-0.2, -0.15) is 0 Å². The first kappa shape index (κ1) is 14.1. The van der Waals surface area contributed by atoms with Gasteiger partial charge in [0.15, 0.2) is 5.82 Å². The summed E-state index contributed by atoms with van der Waals surface area (Å²) in [5, 5.41) is 20.3. The fourth-order valence-corrected chi connectivity index (χ4v) is 2.18. The van der Waals surface area contributed by atoms with Crippen molar-refractivity contribution in [1.82, 2.24) is 4.98 Å². The van der Waals surface area contributed by atoms with Crippen LogP contribution in [0.15, 0.2) is 24.4 Å². The molecule has 0 saturated heterocycles. The first-order valence-corrected chi connectivity index (χ1v) is 6.17. The number of aliphatic hydroxyl groups is 1. The summed E-state index contributed by atoms with van der Waals surface area (Å²) in [5.41, 5.74) is 0.103. The van der Waals surface area contributed by atoms with E-state index in [2.05, 4.69) is 4.98 Å². The van der Waals surface area contributed by atoms with E-state index in [0.717, 1.165) is 6.07 Å². The molecular formula is C13H14FN3O3. The Hall–Kier alpha value is -2.28. The molecule has 0 spiro atoms. The molecule has 6 nitrogen and oxygen atoms in total. The van der Waals surface area contributed by atoms with E-state index in [4.69, 9.17) is 5.11 Å². The standard InChI is InChI=1S/C13H14FN3O3/c1-2-16(6-7-18)13-10(14)8-11(17(19)20)9-4-3-5-15-12(9)13/h3-5,8,18H,2,6-7H2,1H3. The number of likely N-dealkylation sites (N-methyl/N-ethyl adjacent to an activating group) is 1. The predicted octanol–water partition coefficient (Wildman–Crippen LogP) is 2.10. The lowest BCUT2D eigenvalue weighted by Crippen LogP contribution is -2.27. The zero-order valence-electron chi connectivity index (χ0n) is 10.9. The predicted molar refractivity (Wildman–Crippen MR) is 73.3 cm³/mol. The van der Waals surface area contributed by atoms with E-state index in [1.165, 1.54) is 12.3 Å². The number of aromatic nitrogens is 1. The number of pyridine rings is 1.